The van der Waals surface area contributed by atoms with Crippen molar-refractivity contribution in [3.8, 4) is 16.6 Å². The van der Waals surface area contributed by atoms with Crippen LogP contribution in [0.5, 0.6) is 5.88 Å². The number of aromatic nitrogens is 3. The minimum atomic E-state index is -0.427. The van der Waals surface area contributed by atoms with Crippen molar-refractivity contribution in [3.05, 3.63) is 23.0 Å². The first-order chi connectivity index (χ1) is 9.48. The van der Waals surface area contributed by atoms with Gasteiger partial charge in [0, 0.05) is 6.07 Å². The van der Waals surface area contributed by atoms with Gasteiger partial charge in [0.2, 0.25) is 5.88 Å². The van der Waals surface area contributed by atoms with Crippen molar-refractivity contribution >= 4 is 11.3 Å². The van der Waals surface area contributed by atoms with Gasteiger partial charge in [-0.3, -0.25) is 0 Å². The highest BCUT2D eigenvalue weighted by Crippen LogP contribution is 2.44. The molecule has 1 atom stereocenters. The third kappa shape index (κ3) is 2.41. The predicted octanol–water partition coefficient (Wildman–Crippen LogP) is 2.61. The van der Waals surface area contributed by atoms with Crippen molar-refractivity contribution in [2.24, 2.45) is 5.41 Å². The zero-order valence-corrected chi connectivity index (χ0v) is 12.6. The van der Waals surface area contributed by atoms with E-state index in [1.165, 1.54) is 17.7 Å². The van der Waals surface area contributed by atoms with Crippen LogP contribution in [0.25, 0.3) is 10.7 Å². The predicted molar refractivity (Wildman–Crippen MR) is 76.8 cm³/mol. The molecule has 2 heterocycles. The Bertz CT molecular complexity index is 639. The van der Waals surface area contributed by atoms with Crippen molar-refractivity contribution in [1.82, 2.24) is 15.0 Å². The Morgan fingerprint density at radius 3 is 2.95 bits per heavy atom. The van der Waals surface area contributed by atoms with Crippen LogP contribution in [0.4, 0.5) is 0 Å². The van der Waals surface area contributed by atoms with Crippen LogP contribution >= 0.6 is 11.3 Å². The fourth-order valence-corrected chi connectivity index (χ4v) is 3.61. The highest BCUT2D eigenvalue weighted by Gasteiger charge is 2.34. The molecule has 6 heteroatoms. The molecule has 2 aromatic rings. The Labute approximate surface area is 121 Å². The van der Waals surface area contributed by atoms with Crippen molar-refractivity contribution in [2.45, 2.75) is 32.8 Å². The second-order valence-electron chi connectivity index (χ2n) is 5.84. The van der Waals surface area contributed by atoms with Gasteiger partial charge in [0.15, 0.2) is 0 Å². The minimum absolute atomic E-state index is 0.0844. The largest absolute Gasteiger partial charge is 0.481 e. The first-order valence-corrected chi connectivity index (χ1v) is 7.34. The van der Waals surface area contributed by atoms with Crippen molar-refractivity contribution < 1.29 is 9.84 Å². The Morgan fingerprint density at radius 1 is 1.40 bits per heavy atom. The van der Waals surface area contributed by atoms with Crippen LogP contribution in [0.2, 0.25) is 0 Å². The van der Waals surface area contributed by atoms with Crippen molar-refractivity contribution in [2.75, 3.05) is 7.11 Å². The maximum Gasteiger partial charge on any atom is 0.216 e. The van der Waals surface area contributed by atoms with E-state index in [4.69, 9.17) is 4.74 Å². The van der Waals surface area contributed by atoms with Crippen LogP contribution in [-0.4, -0.2) is 27.2 Å². The highest BCUT2D eigenvalue weighted by atomic mass is 32.1. The number of ether oxygens (including phenoxy) is 1. The second kappa shape index (κ2) is 4.79. The smallest absolute Gasteiger partial charge is 0.216 e. The third-order valence-corrected chi connectivity index (χ3v) is 4.71. The molecule has 0 aliphatic heterocycles. The first-order valence-electron chi connectivity index (χ1n) is 6.52. The standard InChI is InChI=1S/C14H17N3O2S/c1-14(2)5-9-12(10(18)6-14)20-13(17-9)8-4-11(19-3)16-7-15-8/h4,7,10,18H,5-6H2,1-3H3. The van der Waals surface area contributed by atoms with E-state index in [1.54, 1.807) is 13.2 Å². The van der Waals surface area contributed by atoms with E-state index in [1.807, 2.05) is 0 Å². The van der Waals surface area contributed by atoms with E-state index in [0.717, 1.165) is 34.1 Å². The van der Waals surface area contributed by atoms with Gasteiger partial charge >= 0.3 is 0 Å². The summed E-state index contributed by atoms with van der Waals surface area (Å²) in [4.78, 5) is 13.9. The molecule has 1 aliphatic rings. The zero-order chi connectivity index (χ0) is 14.3. The van der Waals surface area contributed by atoms with Crippen molar-refractivity contribution in [3.63, 3.8) is 0 Å². The Hall–Kier alpha value is -1.53. The van der Waals surface area contributed by atoms with E-state index in [-0.39, 0.29) is 5.41 Å². The van der Waals surface area contributed by atoms with Crippen LogP contribution in [-0.2, 0) is 6.42 Å². The lowest BCUT2D eigenvalue weighted by molar-refractivity contribution is 0.102. The monoisotopic (exact) mass is 291 g/mol. The average molecular weight is 291 g/mol. The molecule has 20 heavy (non-hydrogen) atoms. The molecule has 5 nitrogen and oxygen atoms in total. The van der Waals surface area contributed by atoms with Crippen LogP contribution < -0.4 is 4.74 Å². The lowest BCUT2D eigenvalue weighted by Crippen LogP contribution is -2.24. The average Bonchev–Trinajstić information content (AvgIpc) is 2.81. The minimum Gasteiger partial charge on any atom is -0.481 e. The molecule has 3 rings (SSSR count). The number of thiazole rings is 1. The molecule has 0 spiro atoms. The molecule has 1 unspecified atom stereocenters. The topological polar surface area (TPSA) is 68.1 Å². The van der Waals surface area contributed by atoms with Gasteiger partial charge in [-0.15, -0.1) is 11.3 Å². The molecule has 1 aliphatic carbocycles. The highest BCUT2D eigenvalue weighted by molar-refractivity contribution is 7.15. The van der Waals surface area contributed by atoms with Gasteiger partial charge in [-0.1, -0.05) is 13.8 Å². The zero-order valence-electron chi connectivity index (χ0n) is 11.8. The van der Waals surface area contributed by atoms with E-state index in [9.17, 15) is 5.11 Å². The third-order valence-electron chi connectivity index (χ3n) is 3.49. The number of rotatable bonds is 2. The molecule has 0 saturated heterocycles. The maximum absolute atomic E-state index is 10.3. The SMILES string of the molecule is COc1cc(-c2nc3c(s2)C(O)CC(C)(C)C3)ncn1. The number of hydrogen-bond acceptors (Lipinski definition) is 6. The number of hydrogen-bond donors (Lipinski definition) is 1. The number of fused-ring (bicyclic) bond motifs is 1. The molecule has 0 amide bonds. The van der Waals surface area contributed by atoms with E-state index in [2.05, 4.69) is 28.8 Å². The molecule has 0 fully saturated rings. The summed E-state index contributed by atoms with van der Waals surface area (Å²) in [5, 5.41) is 11.1. The Kier molecular flexibility index (Phi) is 3.22. The molecule has 0 saturated carbocycles. The van der Waals surface area contributed by atoms with E-state index in [0.29, 0.717) is 5.88 Å². The van der Waals surface area contributed by atoms with Gasteiger partial charge in [0.25, 0.3) is 0 Å². The molecule has 0 aromatic carbocycles. The summed E-state index contributed by atoms with van der Waals surface area (Å²) in [5.74, 6) is 0.518. The lowest BCUT2D eigenvalue weighted by Gasteiger charge is -2.31. The van der Waals surface area contributed by atoms with Gasteiger partial charge < -0.3 is 9.84 Å². The number of methoxy groups -OCH3 is 1. The molecule has 0 radical (unpaired) electrons. The summed E-state index contributed by atoms with van der Waals surface area (Å²) in [6, 6.07) is 1.77. The number of aliphatic hydroxyl groups is 1. The summed E-state index contributed by atoms with van der Waals surface area (Å²) in [5.41, 5.74) is 1.81. The van der Waals surface area contributed by atoms with Gasteiger partial charge in [0.05, 0.1) is 23.8 Å². The molecule has 1 N–H and O–H groups in total. The fourth-order valence-electron chi connectivity index (χ4n) is 2.57. The first kappa shape index (κ1) is 13.5. The van der Waals surface area contributed by atoms with E-state index >= 15 is 0 Å². The van der Waals surface area contributed by atoms with Crippen molar-refractivity contribution in [1.29, 1.82) is 0 Å². The number of aliphatic hydroxyl groups excluding tert-OH is 1. The normalized spacial score (nSPS) is 20.5. The fraction of sp³-hybridized carbons (Fsp3) is 0.500. The lowest BCUT2D eigenvalue weighted by atomic mass is 9.77. The molecular weight excluding hydrogens is 274 g/mol. The summed E-state index contributed by atoms with van der Waals surface area (Å²) in [6.45, 7) is 4.32. The van der Waals surface area contributed by atoms with Gasteiger partial charge in [0.1, 0.15) is 17.0 Å². The molecule has 106 valence electrons. The van der Waals surface area contributed by atoms with Gasteiger partial charge in [-0.25, -0.2) is 15.0 Å². The van der Waals surface area contributed by atoms with Gasteiger partial charge in [-0.2, -0.15) is 0 Å². The van der Waals surface area contributed by atoms with Crippen LogP contribution in [0.15, 0.2) is 12.4 Å². The summed E-state index contributed by atoms with van der Waals surface area (Å²) < 4.78 is 5.11. The van der Waals surface area contributed by atoms with Crippen LogP contribution in [0.3, 0.4) is 0 Å². The summed E-state index contributed by atoms with van der Waals surface area (Å²) in [6.07, 6.45) is 2.70. The Morgan fingerprint density at radius 2 is 2.20 bits per heavy atom. The molecular formula is C14H17N3O2S. The summed E-state index contributed by atoms with van der Waals surface area (Å²) >= 11 is 1.51. The van der Waals surface area contributed by atoms with Crippen LogP contribution in [0, 0.1) is 5.41 Å². The van der Waals surface area contributed by atoms with Crippen LogP contribution in [0.1, 0.15) is 36.9 Å². The Balaban J connectivity index is 2.01. The summed E-state index contributed by atoms with van der Waals surface area (Å²) in [7, 11) is 1.57. The quantitative estimate of drug-likeness (QED) is 0.921. The van der Waals surface area contributed by atoms with E-state index < -0.39 is 6.10 Å². The maximum atomic E-state index is 10.3. The molecule has 2 aromatic heterocycles. The second-order valence-corrected chi connectivity index (χ2v) is 6.87. The van der Waals surface area contributed by atoms with Gasteiger partial charge in [-0.05, 0) is 18.3 Å². The number of nitrogens with zero attached hydrogens (tertiary/aromatic N) is 3. The molecule has 0 bridgehead atoms.